The van der Waals surface area contributed by atoms with Crippen molar-refractivity contribution >= 4 is 5.91 Å². The minimum atomic E-state index is -4.36. The maximum absolute atomic E-state index is 12.6. The molecule has 25 heavy (non-hydrogen) atoms. The number of nitrogens with two attached hydrogens (primary N) is 1. The maximum Gasteiger partial charge on any atom is 0.416 e. The second-order valence-electron chi connectivity index (χ2n) is 5.72. The Morgan fingerprint density at radius 1 is 1.32 bits per heavy atom. The fourth-order valence-electron chi connectivity index (χ4n) is 2.62. The number of rotatable bonds is 5. The lowest BCUT2D eigenvalue weighted by atomic mass is 10.1. The van der Waals surface area contributed by atoms with Crippen LogP contribution in [0, 0.1) is 0 Å². The Bertz CT molecular complexity index is 744. The van der Waals surface area contributed by atoms with Gasteiger partial charge in [-0.15, -0.1) is 5.10 Å². The monoisotopic (exact) mass is 355 g/mol. The number of primary amides is 1. The van der Waals surface area contributed by atoms with Crippen LogP contribution >= 0.6 is 0 Å². The fourth-order valence-corrected chi connectivity index (χ4v) is 2.62. The van der Waals surface area contributed by atoms with Crippen molar-refractivity contribution in [2.75, 3.05) is 13.1 Å². The summed E-state index contributed by atoms with van der Waals surface area (Å²) in [5.41, 5.74) is 5.16. The van der Waals surface area contributed by atoms with Gasteiger partial charge in [0, 0.05) is 13.1 Å². The van der Waals surface area contributed by atoms with Gasteiger partial charge in [0.25, 0.3) is 5.91 Å². The number of halogens is 3. The van der Waals surface area contributed by atoms with E-state index in [0.717, 1.165) is 12.1 Å². The van der Waals surface area contributed by atoms with E-state index in [1.165, 1.54) is 23.0 Å². The van der Waals surface area contributed by atoms with Crippen LogP contribution in [-0.4, -0.2) is 40.1 Å². The van der Waals surface area contributed by atoms with Crippen LogP contribution in [0.15, 0.2) is 30.5 Å². The summed E-state index contributed by atoms with van der Waals surface area (Å²) in [6.07, 6.45) is -3.16. The number of benzene rings is 1. The smallest absolute Gasteiger partial charge is 0.370 e. The molecule has 2 heterocycles. The molecule has 7 nitrogen and oxygen atoms in total. The molecule has 10 heteroatoms. The Kier molecular flexibility index (Phi) is 4.73. The van der Waals surface area contributed by atoms with Gasteiger partial charge in [0.05, 0.1) is 30.5 Å². The molecule has 1 fully saturated rings. The molecule has 1 aromatic carbocycles. The minimum absolute atomic E-state index is 0.0633. The number of ether oxygens (including phenoxy) is 1. The molecule has 0 radical (unpaired) electrons. The maximum atomic E-state index is 12.6. The first-order chi connectivity index (χ1) is 11.8. The van der Waals surface area contributed by atoms with Crippen LogP contribution in [0.5, 0.6) is 0 Å². The number of nitrogens with zero attached hydrogens (tertiary/aromatic N) is 3. The second-order valence-corrected chi connectivity index (χ2v) is 5.72. The predicted octanol–water partition coefficient (Wildman–Crippen LogP) is 1.13. The van der Waals surface area contributed by atoms with Gasteiger partial charge < -0.3 is 15.8 Å². The van der Waals surface area contributed by atoms with Crippen LogP contribution in [0.2, 0.25) is 0 Å². The summed E-state index contributed by atoms with van der Waals surface area (Å²) in [6.45, 7) is 1.29. The Morgan fingerprint density at radius 2 is 2.04 bits per heavy atom. The second kappa shape index (κ2) is 6.81. The number of carbonyl (C=O) groups is 1. The van der Waals surface area contributed by atoms with Crippen molar-refractivity contribution in [1.82, 2.24) is 20.3 Å². The number of hydrogen-bond donors (Lipinski definition) is 2. The third-order valence-corrected chi connectivity index (χ3v) is 3.98. The van der Waals surface area contributed by atoms with Crippen molar-refractivity contribution in [2.45, 2.75) is 24.9 Å². The number of hydrogen-bond acceptors (Lipinski definition) is 5. The molecule has 3 N–H and O–H groups in total. The van der Waals surface area contributed by atoms with Gasteiger partial charge in [-0.05, 0) is 17.7 Å². The molecule has 0 aliphatic carbocycles. The van der Waals surface area contributed by atoms with Crippen LogP contribution in [0.4, 0.5) is 13.2 Å². The van der Waals surface area contributed by atoms with E-state index in [1.54, 1.807) is 0 Å². The molecule has 1 saturated heterocycles. The highest BCUT2D eigenvalue weighted by Crippen LogP contribution is 2.29. The van der Waals surface area contributed by atoms with E-state index >= 15 is 0 Å². The topological polar surface area (TPSA) is 95.1 Å². The highest BCUT2D eigenvalue weighted by atomic mass is 19.4. The summed E-state index contributed by atoms with van der Waals surface area (Å²) < 4.78 is 45.0. The van der Waals surface area contributed by atoms with Crippen LogP contribution in [-0.2, 0) is 17.5 Å². The van der Waals surface area contributed by atoms with Crippen molar-refractivity contribution in [3.8, 4) is 0 Å². The lowest BCUT2D eigenvalue weighted by molar-refractivity contribution is -0.137. The predicted molar refractivity (Wildman–Crippen MR) is 80.5 cm³/mol. The van der Waals surface area contributed by atoms with E-state index in [1.807, 2.05) is 0 Å². The molecule has 0 unspecified atom stereocenters. The van der Waals surface area contributed by atoms with Crippen molar-refractivity contribution in [3.63, 3.8) is 0 Å². The molecule has 3 rings (SSSR count). The van der Waals surface area contributed by atoms with Crippen LogP contribution in [0.1, 0.15) is 27.7 Å². The van der Waals surface area contributed by atoms with Gasteiger partial charge in [-0.2, -0.15) is 13.2 Å². The Hall–Kier alpha value is -2.46. The summed E-state index contributed by atoms with van der Waals surface area (Å²) in [6, 6.07) is 4.65. The lowest BCUT2D eigenvalue weighted by Gasteiger charge is -2.19. The first-order valence-corrected chi connectivity index (χ1v) is 7.54. The average Bonchev–Trinajstić information content (AvgIpc) is 3.21. The van der Waals surface area contributed by atoms with Crippen LogP contribution in [0.25, 0.3) is 0 Å². The van der Waals surface area contributed by atoms with Crippen molar-refractivity contribution < 1.29 is 22.7 Å². The largest absolute Gasteiger partial charge is 0.416 e. The van der Waals surface area contributed by atoms with Crippen molar-refractivity contribution in [1.29, 1.82) is 0 Å². The van der Waals surface area contributed by atoms with Crippen LogP contribution in [0.3, 0.4) is 0 Å². The molecule has 1 amide bonds. The number of aromatic nitrogens is 3. The van der Waals surface area contributed by atoms with Gasteiger partial charge in [0.1, 0.15) is 0 Å². The molecule has 134 valence electrons. The van der Waals surface area contributed by atoms with Gasteiger partial charge in [0.2, 0.25) is 0 Å². The zero-order chi connectivity index (χ0) is 18.0. The quantitative estimate of drug-likeness (QED) is 0.838. The molecule has 0 bridgehead atoms. The molecular formula is C15H16F3N5O2. The van der Waals surface area contributed by atoms with E-state index in [-0.39, 0.29) is 24.4 Å². The average molecular weight is 355 g/mol. The van der Waals surface area contributed by atoms with Crippen molar-refractivity contribution in [3.05, 3.63) is 47.3 Å². The van der Waals surface area contributed by atoms with E-state index in [0.29, 0.717) is 18.7 Å². The summed E-state index contributed by atoms with van der Waals surface area (Å²) >= 11 is 0. The number of carbonyl (C=O) groups excluding carboxylic acids is 1. The van der Waals surface area contributed by atoms with Crippen LogP contribution < -0.4 is 11.1 Å². The van der Waals surface area contributed by atoms with Gasteiger partial charge in [0.15, 0.2) is 5.69 Å². The van der Waals surface area contributed by atoms with E-state index in [4.69, 9.17) is 10.5 Å². The Balaban J connectivity index is 1.62. The molecule has 1 aliphatic rings. The first kappa shape index (κ1) is 17.4. The van der Waals surface area contributed by atoms with Gasteiger partial charge in [-0.3, -0.25) is 4.79 Å². The first-order valence-electron chi connectivity index (χ1n) is 7.54. The molecule has 2 atom stereocenters. The summed E-state index contributed by atoms with van der Waals surface area (Å²) in [4.78, 5) is 11.1. The Labute approximate surface area is 140 Å². The third-order valence-electron chi connectivity index (χ3n) is 3.98. The molecule has 0 spiro atoms. The van der Waals surface area contributed by atoms with E-state index in [9.17, 15) is 18.0 Å². The van der Waals surface area contributed by atoms with Crippen molar-refractivity contribution in [2.24, 2.45) is 5.73 Å². The standard InChI is InChI=1S/C15H16F3N5O2/c16-15(17,18)10-3-1-9(2-4-10)8-25-13-6-20-5-12(13)23-7-11(14(19)24)21-22-23/h1-4,7,12-13,20H,5-6,8H2,(H2,19,24)/t12-,13-/m1/s1. The zero-order valence-corrected chi connectivity index (χ0v) is 13.0. The molecule has 1 aromatic heterocycles. The third kappa shape index (κ3) is 3.97. The Morgan fingerprint density at radius 3 is 2.64 bits per heavy atom. The highest BCUT2D eigenvalue weighted by molar-refractivity contribution is 5.90. The normalized spacial score (nSPS) is 20.8. The number of nitrogens with one attached hydrogen (secondary N) is 1. The summed E-state index contributed by atoms with van der Waals surface area (Å²) in [5, 5.41) is 10.7. The molecule has 1 aliphatic heterocycles. The summed E-state index contributed by atoms with van der Waals surface area (Å²) in [5.74, 6) is -0.667. The van der Waals surface area contributed by atoms with E-state index in [2.05, 4.69) is 15.6 Å². The number of alkyl halides is 3. The zero-order valence-electron chi connectivity index (χ0n) is 13.0. The minimum Gasteiger partial charge on any atom is -0.370 e. The SMILES string of the molecule is NC(=O)c1cn([C@@H]2CNC[C@H]2OCc2ccc(C(F)(F)F)cc2)nn1. The lowest BCUT2D eigenvalue weighted by Crippen LogP contribution is -2.26. The van der Waals surface area contributed by atoms with Gasteiger partial charge in [-0.25, -0.2) is 4.68 Å². The number of amides is 1. The molecule has 2 aromatic rings. The van der Waals surface area contributed by atoms with Gasteiger partial charge in [-0.1, -0.05) is 17.3 Å². The summed E-state index contributed by atoms with van der Waals surface area (Å²) in [7, 11) is 0. The van der Waals surface area contributed by atoms with Gasteiger partial charge >= 0.3 is 6.18 Å². The highest BCUT2D eigenvalue weighted by Gasteiger charge is 2.32. The molecule has 0 saturated carbocycles. The molecular weight excluding hydrogens is 339 g/mol. The van der Waals surface area contributed by atoms with E-state index < -0.39 is 17.6 Å². The fraction of sp³-hybridized carbons (Fsp3) is 0.400.